The lowest BCUT2D eigenvalue weighted by molar-refractivity contribution is -0.0430. The summed E-state index contributed by atoms with van der Waals surface area (Å²) in [5.41, 5.74) is 6.54. The first kappa shape index (κ1) is 12.3. The summed E-state index contributed by atoms with van der Waals surface area (Å²) in [6.45, 7) is 1.57. The van der Waals surface area contributed by atoms with Crippen molar-refractivity contribution in [2.45, 2.75) is 31.8 Å². The van der Waals surface area contributed by atoms with Crippen molar-refractivity contribution in [1.29, 1.82) is 0 Å². The van der Waals surface area contributed by atoms with Gasteiger partial charge in [-0.2, -0.15) is 0 Å². The van der Waals surface area contributed by atoms with Crippen LogP contribution in [0.3, 0.4) is 0 Å². The van der Waals surface area contributed by atoms with E-state index < -0.39 is 12.2 Å². The predicted octanol–water partition coefficient (Wildman–Crippen LogP) is -0.0374. The standard InChI is InChI=1S/C12H16N4O3/c1-6-14-11(13)7-2-3-16(12(7)15-6)10-4-8(18)9(5-17)19-10/h2-3,8-10,17-18H,4-5H2,1H3,(H2,13,14,15)/t8-,9+,10+/m0/s1. The van der Waals surface area contributed by atoms with Gasteiger partial charge < -0.3 is 25.3 Å². The molecule has 0 saturated carbocycles. The van der Waals surface area contributed by atoms with Gasteiger partial charge in [-0.15, -0.1) is 0 Å². The monoisotopic (exact) mass is 264 g/mol. The van der Waals surface area contributed by atoms with Gasteiger partial charge in [0.2, 0.25) is 0 Å². The van der Waals surface area contributed by atoms with Crippen LogP contribution in [0.4, 0.5) is 5.82 Å². The fourth-order valence-corrected chi connectivity index (χ4v) is 2.45. The normalized spacial score (nSPS) is 27.2. The molecule has 1 aliphatic rings. The van der Waals surface area contributed by atoms with Crippen LogP contribution in [-0.2, 0) is 4.74 Å². The number of nitrogens with zero attached hydrogens (tertiary/aromatic N) is 3. The van der Waals surface area contributed by atoms with Gasteiger partial charge in [0.1, 0.15) is 29.6 Å². The lowest BCUT2D eigenvalue weighted by Gasteiger charge is -2.14. The van der Waals surface area contributed by atoms with Gasteiger partial charge in [-0.3, -0.25) is 0 Å². The third-order valence-corrected chi connectivity index (χ3v) is 3.41. The van der Waals surface area contributed by atoms with E-state index in [1.807, 2.05) is 16.8 Å². The first-order chi connectivity index (χ1) is 9.10. The van der Waals surface area contributed by atoms with Crippen LogP contribution >= 0.6 is 0 Å². The Balaban J connectivity index is 2.02. The van der Waals surface area contributed by atoms with Crippen molar-refractivity contribution in [3.05, 3.63) is 18.1 Å². The highest BCUT2D eigenvalue weighted by Crippen LogP contribution is 2.32. The minimum absolute atomic E-state index is 0.201. The Labute approximate surface area is 109 Å². The average molecular weight is 264 g/mol. The van der Waals surface area contributed by atoms with Crippen LogP contribution in [0, 0.1) is 6.92 Å². The second kappa shape index (κ2) is 4.44. The van der Waals surface area contributed by atoms with Crippen molar-refractivity contribution in [2.24, 2.45) is 0 Å². The maximum atomic E-state index is 9.78. The van der Waals surface area contributed by atoms with E-state index in [1.165, 1.54) is 0 Å². The maximum absolute atomic E-state index is 9.78. The van der Waals surface area contributed by atoms with Gasteiger partial charge in [0.15, 0.2) is 0 Å². The molecule has 7 heteroatoms. The molecule has 0 radical (unpaired) electrons. The topological polar surface area (TPSA) is 106 Å². The number of aliphatic hydroxyl groups is 2. The van der Waals surface area contributed by atoms with E-state index in [-0.39, 0.29) is 12.8 Å². The molecule has 4 N–H and O–H groups in total. The summed E-state index contributed by atoms with van der Waals surface area (Å²) >= 11 is 0. The van der Waals surface area contributed by atoms with Crippen molar-refractivity contribution in [2.75, 3.05) is 12.3 Å². The van der Waals surface area contributed by atoms with E-state index in [0.29, 0.717) is 23.7 Å². The number of nitrogens with two attached hydrogens (primary N) is 1. The highest BCUT2D eigenvalue weighted by Gasteiger charge is 2.35. The van der Waals surface area contributed by atoms with Crippen molar-refractivity contribution in [3.63, 3.8) is 0 Å². The van der Waals surface area contributed by atoms with Gasteiger partial charge in [0.25, 0.3) is 0 Å². The molecule has 0 unspecified atom stereocenters. The SMILES string of the molecule is Cc1nc(N)c2ccn([C@H]3C[C@H](O)[C@@H](CO)O3)c2n1. The number of aliphatic hydroxyl groups excluding tert-OH is 2. The number of nitrogen functional groups attached to an aromatic ring is 1. The van der Waals surface area contributed by atoms with E-state index in [9.17, 15) is 5.11 Å². The van der Waals surface area contributed by atoms with Gasteiger partial charge in [-0.05, 0) is 13.0 Å². The number of hydrogen-bond acceptors (Lipinski definition) is 6. The molecular formula is C12H16N4O3. The van der Waals surface area contributed by atoms with E-state index in [2.05, 4.69) is 9.97 Å². The molecule has 0 bridgehead atoms. The fraction of sp³-hybridized carbons (Fsp3) is 0.500. The molecule has 102 valence electrons. The molecule has 1 saturated heterocycles. The van der Waals surface area contributed by atoms with Crippen LogP contribution in [0.15, 0.2) is 12.3 Å². The number of ether oxygens (including phenoxy) is 1. The molecule has 0 aromatic carbocycles. The summed E-state index contributed by atoms with van der Waals surface area (Å²) in [6.07, 6.45) is 0.651. The molecule has 2 aromatic rings. The van der Waals surface area contributed by atoms with Gasteiger partial charge >= 0.3 is 0 Å². The summed E-state index contributed by atoms with van der Waals surface area (Å²) in [7, 11) is 0. The van der Waals surface area contributed by atoms with Gasteiger partial charge in [0, 0.05) is 12.6 Å². The maximum Gasteiger partial charge on any atom is 0.147 e. The van der Waals surface area contributed by atoms with E-state index in [4.69, 9.17) is 15.6 Å². The summed E-state index contributed by atoms with van der Waals surface area (Å²) in [5, 5.41) is 19.7. The summed E-state index contributed by atoms with van der Waals surface area (Å²) in [4.78, 5) is 8.48. The van der Waals surface area contributed by atoms with Crippen LogP contribution < -0.4 is 5.73 Å². The summed E-state index contributed by atoms with van der Waals surface area (Å²) in [5.74, 6) is 1.01. The van der Waals surface area contributed by atoms with Gasteiger partial charge in [-0.25, -0.2) is 9.97 Å². The number of rotatable bonds is 2. The lowest BCUT2D eigenvalue weighted by atomic mass is 10.2. The Morgan fingerprint density at radius 3 is 3.00 bits per heavy atom. The highest BCUT2D eigenvalue weighted by molar-refractivity contribution is 5.86. The Morgan fingerprint density at radius 1 is 1.53 bits per heavy atom. The summed E-state index contributed by atoms with van der Waals surface area (Å²) in [6, 6.07) is 1.83. The number of hydrogen-bond donors (Lipinski definition) is 3. The zero-order chi connectivity index (χ0) is 13.6. The largest absolute Gasteiger partial charge is 0.394 e. The van der Waals surface area contributed by atoms with Crippen molar-refractivity contribution < 1.29 is 14.9 Å². The van der Waals surface area contributed by atoms with Crippen molar-refractivity contribution in [3.8, 4) is 0 Å². The fourth-order valence-electron chi connectivity index (χ4n) is 2.45. The van der Waals surface area contributed by atoms with Gasteiger partial charge in [0.05, 0.1) is 18.1 Å². The predicted molar refractivity (Wildman–Crippen MR) is 68.3 cm³/mol. The Kier molecular flexibility index (Phi) is 2.89. The van der Waals surface area contributed by atoms with Crippen LogP contribution in [0.1, 0.15) is 18.5 Å². The summed E-state index contributed by atoms with van der Waals surface area (Å²) < 4.78 is 7.44. The molecule has 19 heavy (non-hydrogen) atoms. The van der Waals surface area contributed by atoms with Gasteiger partial charge in [-0.1, -0.05) is 0 Å². The Bertz CT molecular complexity index is 612. The number of anilines is 1. The lowest BCUT2D eigenvalue weighted by Crippen LogP contribution is -2.24. The molecular weight excluding hydrogens is 248 g/mol. The molecule has 3 rings (SSSR count). The molecule has 0 amide bonds. The molecule has 1 aliphatic heterocycles. The smallest absolute Gasteiger partial charge is 0.147 e. The Hall–Kier alpha value is -1.70. The Morgan fingerprint density at radius 2 is 2.32 bits per heavy atom. The average Bonchev–Trinajstić information content (AvgIpc) is 2.92. The molecule has 2 aromatic heterocycles. The van der Waals surface area contributed by atoms with Crippen molar-refractivity contribution in [1.82, 2.24) is 14.5 Å². The minimum Gasteiger partial charge on any atom is -0.394 e. The quantitative estimate of drug-likeness (QED) is 0.703. The minimum atomic E-state index is -0.673. The number of fused-ring (bicyclic) bond motifs is 1. The van der Waals surface area contributed by atoms with E-state index in [0.717, 1.165) is 5.39 Å². The second-order valence-electron chi connectivity index (χ2n) is 4.73. The van der Waals surface area contributed by atoms with Crippen LogP contribution in [0.2, 0.25) is 0 Å². The molecule has 3 heterocycles. The first-order valence-corrected chi connectivity index (χ1v) is 6.15. The van der Waals surface area contributed by atoms with Crippen LogP contribution in [-0.4, -0.2) is 43.6 Å². The van der Waals surface area contributed by atoms with E-state index in [1.54, 1.807) is 6.92 Å². The number of aryl methyl sites for hydroxylation is 1. The molecule has 0 spiro atoms. The van der Waals surface area contributed by atoms with Crippen molar-refractivity contribution >= 4 is 16.9 Å². The van der Waals surface area contributed by atoms with E-state index >= 15 is 0 Å². The molecule has 0 aliphatic carbocycles. The van der Waals surface area contributed by atoms with Crippen LogP contribution in [0.25, 0.3) is 11.0 Å². The highest BCUT2D eigenvalue weighted by atomic mass is 16.5. The molecule has 3 atom stereocenters. The zero-order valence-electron chi connectivity index (χ0n) is 10.5. The molecule has 7 nitrogen and oxygen atoms in total. The second-order valence-corrected chi connectivity index (χ2v) is 4.73. The molecule has 1 fully saturated rings. The third kappa shape index (κ3) is 1.95. The first-order valence-electron chi connectivity index (χ1n) is 6.15. The number of aromatic nitrogens is 3. The third-order valence-electron chi connectivity index (χ3n) is 3.41. The van der Waals surface area contributed by atoms with Crippen LogP contribution in [0.5, 0.6) is 0 Å². The zero-order valence-corrected chi connectivity index (χ0v) is 10.5.